The van der Waals surface area contributed by atoms with Gasteiger partial charge < -0.3 is 15.8 Å². The highest BCUT2D eigenvalue weighted by atomic mass is 35.5. The van der Waals surface area contributed by atoms with Gasteiger partial charge in [-0.2, -0.15) is 5.26 Å². The summed E-state index contributed by atoms with van der Waals surface area (Å²) in [6.45, 7) is 0. The molecule has 0 fully saturated rings. The summed E-state index contributed by atoms with van der Waals surface area (Å²) in [6, 6.07) is 20.2. The molecule has 1 heterocycles. The quantitative estimate of drug-likeness (QED) is 0.273. The second-order valence-electron chi connectivity index (χ2n) is 6.30. The second-order valence-corrected chi connectivity index (χ2v) is 7.23. The monoisotopic (exact) mass is 418 g/mol. The Bertz CT molecular complexity index is 1250. The van der Waals surface area contributed by atoms with Crippen LogP contribution in [0.1, 0.15) is 5.56 Å². The van der Waals surface area contributed by atoms with Crippen LogP contribution in [0.25, 0.3) is 10.9 Å². The largest absolute Gasteiger partial charge is 0.456 e. The molecule has 3 N–H and O–H groups in total. The van der Waals surface area contributed by atoms with Crippen molar-refractivity contribution in [3.05, 3.63) is 77.4 Å². The lowest BCUT2D eigenvalue weighted by atomic mass is 10.1. The first-order valence-electron chi connectivity index (χ1n) is 8.65. The Morgan fingerprint density at radius 2 is 1.86 bits per heavy atom. The minimum absolute atomic E-state index is 0.409. The molecule has 0 atom stereocenters. The number of nitrogens with two attached hydrogens (primary N) is 1. The van der Waals surface area contributed by atoms with Crippen molar-refractivity contribution in [2.45, 2.75) is 4.90 Å². The molecule has 0 aliphatic rings. The Labute approximate surface area is 178 Å². The first-order chi connectivity index (χ1) is 14.0. The normalized spacial score (nSPS) is 10.5. The van der Waals surface area contributed by atoms with E-state index in [2.05, 4.69) is 29.0 Å². The van der Waals surface area contributed by atoms with E-state index in [1.54, 1.807) is 24.3 Å². The predicted octanol–water partition coefficient (Wildman–Crippen LogP) is 6.17. The molecule has 5 nitrogen and oxygen atoms in total. The van der Waals surface area contributed by atoms with Gasteiger partial charge in [-0.15, -0.1) is 12.6 Å². The molecule has 0 unspecified atom stereocenters. The van der Waals surface area contributed by atoms with Crippen molar-refractivity contribution >= 4 is 52.2 Å². The van der Waals surface area contributed by atoms with Crippen LogP contribution in [0.5, 0.6) is 11.5 Å². The number of rotatable bonds is 4. The summed E-state index contributed by atoms with van der Waals surface area (Å²) in [5, 5.41) is 13.9. The first kappa shape index (κ1) is 18.9. The Morgan fingerprint density at radius 1 is 1.07 bits per heavy atom. The summed E-state index contributed by atoms with van der Waals surface area (Å²) in [6.07, 6.45) is 1.53. The van der Waals surface area contributed by atoms with Crippen LogP contribution < -0.4 is 15.8 Å². The van der Waals surface area contributed by atoms with Crippen LogP contribution in [-0.2, 0) is 0 Å². The van der Waals surface area contributed by atoms with E-state index in [1.165, 1.54) is 6.20 Å². The zero-order chi connectivity index (χ0) is 20.4. The van der Waals surface area contributed by atoms with E-state index in [1.807, 2.05) is 36.4 Å². The number of hydrogen-bond acceptors (Lipinski definition) is 6. The molecule has 3 aromatic carbocycles. The van der Waals surface area contributed by atoms with Crippen molar-refractivity contribution in [3.8, 4) is 17.6 Å². The van der Waals surface area contributed by atoms with Crippen LogP contribution >= 0.6 is 24.2 Å². The lowest BCUT2D eigenvalue weighted by Gasteiger charge is -2.14. The van der Waals surface area contributed by atoms with Gasteiger partial charge in [0.2, 0.25) is 0 Å². The minimum atomic E-state index is 0.409. The van der Waals surface area contributed by atoms with Crippen LogP contribution in [-0.4, -0.2) is 4.98 Å². The number of nitrogen functional groups attached to an aromatic ring is 1. The van der Waals surface area contributed by atoms with Crippen molar-refractivity contribution in [2.75, 3.05) is 11.1 Å². The van der Waals surface area contributed by atoms with Crippen molar-refractivity contribution in [2.24, 2.45) is 0 Å². The molecule has 0 bridgehead atoms. The fourth-order valence-electron chi connectivity index (χ4n) is 2.88. The third kappa shape index (κ3) is 4.06. The zero-order valence-corrected chi connectivity index (χ0v) is 16.7. The van der Waals surface area contributed by atoms with Gasteiger partial charge in [0, 0.05) is 27.9 Å². The maximum absolute atomic E-state index is 9.49. The molecule has 7 heteroatoms. The number of ether oxygens (including phenoxy) is 1. The molecule has 1 aromatic heterocycles. The number of benzene rings is 3. The summed E-state index contributed by atoms with van der Waals surface area (Å²) >= 11 is 10.7. The van der Waals surface area contributed by atoms with E-state index in [4.69, 9.17) is 22.1 Å². The summed E-state index contributed by atoms with van der Waals surface area (Å²) in [4.78, 5) is 5.16. The van der Waals surface area contributed by atoms with Gasteiger partial charge in [-0.25, -0.2) is 0 Å². The number of hydrogen-bond donors (Lipinski definition) is 3. The number of pyridine rings is 1. The predicted molar refractivity (Wildman–Crippen MR) is 119 cm³/mol. The Morgan fingerprint density at radius 3 is 2.59 bits per heavy atom. The van der Waals surface area contributed by atoms with Crippen molar-refractivity contribution in [3.63, 3.8) is 0 Å². The molecule has 4 rings (SSSR count). The Hall–Kier alpha value is -3.40. The van der Waals surface area contributed by atoms with Crippen LogP contribution in [0, 0.1) is 11.3 Å². The Balaban J connectivity index is 1.67. The average Bonchev–Trinajstić information content (AvgIpc) is 2.72. The van der Waals surface area contributed by atoms with Gasteiger partial charge in [0.25, 0.3) is 0 Å². The van der Waals surface area contributed by atoms with E-state index in [-0.39, 0.29) is 0 Å². The highest BCUT2D eigenvalue weighted by Crippen LogP contribution is 2.35. The van der Waals surface area contributed by atoms with Gasteiger partial charge >= 0.3 is 0 Å². The second kappa shape index (κ2) is 7.92. The summed E-state index contributed by atoms with van der Waals surface area (Å²) in [5.41, 5.74) is 8.99. The summed E-state index contributed by atoms with van der Waals surface area (Å²) in [5.74, 6) is 1.18. The number of nitrogens with zero attached hydrogens (tertiary/aromatic N) is 2. The fraction of sp³-hybridized carbons (Fsp3) is 0. The fourth-order valence-corrected chi connectivity index (χ4v) is 3.24. The standard InChI is InChI=1S/C22H15ClN4OS/c23-19-10-15(2-8-21(19)28-16-3-5-17(29)6-4-16)27-22-13(11-24)12-26-20-7-1-14(25)9-18(20)22/h1-10,12,29H,25H2,(H,26,27). The molecule has 29 heavy (non-hydrogen) atoms. The topological polar surface area (TPSA) is 84.0 Å². The molecule has 0 saturated heterocycles. The number of halogens is 1. The molecule has 142 valence electrons. The maximum Gasteiger partial charge on any atom is 0.146 e. The molecule has 0 aliphatic heterocycles. The maximum atomic E-state index is 9.49. The molecule has 0 spiro atoms. The number of anilines is 3. The number of aromatic nitrogens is 1. The third-order valence-electron chi connectivity index (χ3n) is 4.28. The minimum Gasteiger partial charge on any atom is -0.456 e. The average molecular weight is 419 g/mol. The number of nitriles is 1. The van der Waals surface area contributed by atoms with Crippen molar-refractivity contribution in [1.82, 2.24) is 4.98 Å². The van der Waals surface area contributed by atoms with Crippen LogP contribution in [0.3, 0.4) is 0 Å². The van der Waals surface area contributed by atoms with E-state index in [0.717, 1.165) is 15.8 Å². The summed E-state index contributed by atoms with van der Waals surface area (Å²) in [7, 11) is 0. The molecule has 0 radical (unpaired) electrons. The lowest BCUT2D eigenvalue weighted by Crippen LogP contribution is -1.98. The molecule has 0 amide bonds. The smallest absolute Gasteiger partial charge is 0.146 e. The van der Waals surface area contributed by atoms with Crippen LogP contribution in [0.4, 0.5) is 17.1 Å². The van der Waals surface area contributed by atoms with Gasteiger partial charge in [-0.05, 0) is 60.7 Å². The van der Waals surface area contributed by atoms with E-state index in [9.17, 15) is 5.26 Å². The van der Waals surface area contributed by atoms with Gasteiger partial charge in [-0.1, -0.05) is 11.6 Å². The van der Waals surface area contributed by atoms with E-state index < -0.39 is 0 Å². The molecular formula is C22H15ClN4OS. The SMILES string of the molecule is N#Cc1cnc2ccc(N)cc2c1Nc1ccc(Oc2ccc(S)cc2)c(Cl)c1. The molecule has 4 aromatic rings. The van der Waals surface area contributed by atoms with E-state index in [0.29, 0.717) is 39.1 Å². The number of thiol groups is 1. The Kier molecular flexibility index (Phi) is 5.17. The third-order valence-corrected chi connectivity index (χ3v) is 4.87. The first-order valence-corrected chi connectivity index (χ1v) is 9.48. The number of nitrogens with one attached hydrogen (secondary N) is 1. The highest BCUT2D eigenvalue weighted by molar-refractivity contribution is 7.80. The van der Waals surface area contributed by atoms with Gasteiger partial charge in [0.05, 0.1) is 21.8 Å². The molecular weight excluding hydrogens is 404 g/mol. The van der Waals surface area contributed by atoms with Gasteiger partial charge in [-0.3, -0.25) is 4.98 Å². The van der Waals surface area contributed by atoms with Gasteiger partial charge in [0.15, 0.2) is 0 Å². The van der Waals surface area contributed by atoms with E-state index >= 15 is 0 Å². The van der Waals surface area contributed by atoms with Crippen LogP contribution in [0.15, 0.2) is 71.8 Å². The lowest BCUT2D eigenvalue weighted by molar-refractivity contribution is 0.482. The highest BCUT2D eigenvalue weighted by Gasteiger charge is 2.11. The zero-order valence-electron chi connectivity index (χ0n) is 15.1. The van der Waals surface area contributed by atoms with Crippen molar-refractivity contribution < 1.29 is 4.74 Å². The summed E-state index contributed by atoms with van der Waals surface area (Å²) < 4.78 is 5.83. The van der Waals surface area contributed by atoms with Crippen molar-refractivity contribution in [1.29, 1.82) is 5.26 Å². The molecule has 0 saturated carbocycles. The molecule has 0 aliphatic carbocycles. The number of fused-ring (bicyclic) bond motifs is 1. The van der Waals surface area contributed by atoms with Crippen LogP contribution in [0.2, 0.25) is 5.02 Å². The van der Waals surface area contributed by atoms with Gasteiger partial charge in [0.1, 0.15) is 17.6 Å².